The van der Waals surface area contributed by atoms with Crippen LogP contribution in [0.15, 0.2) is 6.07 Å². The lowest BCUT2D eigenvalue weighted by molar-refractivity contribution is 0.170. The van der Waals surface area contributed by atoms with Crippen molar-refractivity contribution in [1.29, 1.82) is 0 Å². The molecule has 5 heteroatoms. The lowest BCUT2D eigenvalue weighted by Crippen LogP contribution is -2.07. The minimum Gasteiger partial charge on any atom is -0.493 e. The first-order valence-corrected chi connectivity index (χ1v) is 5.55. The van der Waals surface area contributed by atoms with Crippen molar-refractivity contribution in [2.75, 3.05) is 20.4 Å². The van der Waals surface area contributed by atoms with Gasteiger partial charge < -0.3 is 19.9 Å². The van der Waals surface area contributed by atoms with E-state index in [1.54, 1.807) is 6.07 Å². The number of hydrogen-bond donors (Lipinski definition) is 1. The second-order valence-corrected chi connectivity index (χ2v) is 4.03. The average molecular weight is 241 g/mol. The van der Waals surface area contributed by atoms with E-state index in [4.69, 9.17) is 19.9 Å². The molecule has 94 valence electrons. The highest BCUT2D eigenvalue weighted by Gasteiger charge is 2.27. The molecule has 0 aliphatic carbocycles. The highest BCUT2D eigenvalue weighted by Crippen LogP contribution is 2.44. The molecule has 1 aromatic rings. The van der Waals surface area contributed by atoms with Crippen molar-refractivity contribution in [2.45, 2.75) is 19.3 Å². The number of halogens is 1. The second-order valence-electron chi connectivity index (χ2n) is 4.03. The van der Waals surface area contributed by atoms with Gasteiger partial charge in [0.15, 0.2) is 11.5 Å². The molecule has 4 nitrogen and oxygen atoms in total. The molecular formula is C12H16FNO3. The molecule has 0 fully saturated rings. The molecule has 1 unspecified atom stereocenters. The van der Waals surface area contributed by atoms with E-state index in [1.165, 1.54) is 7.11 Å². The number of methoxy groups -OCH3 is 1. The van der Waals surface area contributed by atoms with Gasteiger partial charge in [-0.1, -0.05) is 6.92 Å². The molecular weight excluding hydrogens is 225 g/mol. The molecule has 0 amide bonds. The molecule has 1 aliphatic heterocycles. The smallest absolute Gasteiger partial charge is 0.231 e. The number of hydrogen-bond acceptors (Lipinski definition) is 4. The highest BCUT2D eigenvalue weighted by atomic mass is 19.1. The van der Waals surface area contributed by atoms with E-state index in [0.29, 0.717) is 12.3 Å². The van der Waals surface area contributed by atoms with E-state index >= 15 is 0 Å². The van der Waals surface area contributed by atoms with Crippen LogP contribution >= 0.6 is 0 Å². The lowest BCUT2D eigenvalue weighted by Gasteiger charge is -2.16. The zero-order valence-electron chi connectivity index (χ0n) is 9.96. The molecule has 1 heterocycles. The van der Waals surface area contributed by atoms with Crippen LogP contribution in [0.3, 0.4) is 0 Å². The molecule has 0 saturated heterocycles. The summed E-state index contributed by atoms with van der Waals surface area (Å²) in [5.41, 5.74) is 6.28. The van der Waals surface area contributed by atoms with Gasteiger partial charge in [-0.2, -0.15) is 4.39 Å². The van der Waals surface area contributed by atoms with Crippen molar-refractivity contribution in [3.63, 3.8) is 0 Å². The van der Waals surface area contributed by atoms with Crippen molar-refractivity contribution in [3.8, 4) is 17.2 Å². The predicted molar refractivity (Wildman–Crippen MR) is 61.2 cm³/mol. The quantitative estimate of drug-likeness (QED) is 0.876. The summed E-state index contributed by atoms with van der Waals surface area (Å²) in [4.78, 5) is 0. The van der Waals surface area contributed by atoms with Gasteiger partial charge in [0, 0.05) is 5.56 Å². The molecule has 0 aromatic heterocycles. The van der Waals surface area contributed by atoms with Crippen LogP contribution < -0.4 is 19.9 Å². The third-order valence-electron chi connectivity index (χ3n) is 2.92. The largest absolute Gasteiger partial charge is 0.493 e. The molecule has 17 heavy (non-hydrogen) atoms. The van der Waals surface area contributed by atoms with Crippen LogP contribution in [0.2, 0.25) is 0 Å². The van der Waals surface area contributed by atoms with Gasteiger partial charge in [-0.25, -0.2) is 0 Å². The summed E-state index contributed by atoms with van der Waals surface area (Å²) in [5, 5.41) is 0. The summed E-state index contributed by atoms with van der Waals surface area (Å²) in [7, 11) is 1.44. The fourth-order valence-electron chi connectivity index (χ4n) is 1.98. The minimum atomic E-state index is -0.499. The van der Waals surface area contributed by atoms with E-state index in [9.17, 15) is 4.39 Å². The Morgan fingerprint density at radius 2 is 2.29 bits per heavy atom. The van der Waals surface area contributed by atoms with Gasteiger partial charge in [-0.05, 0) is 24.9 Å². The third-order valence-corrected chi connectivity index (χ3v) is 2.92. The molecule has 1 aliphatic rings. The van der Waals surface area contributed by atoms with Gasteiger partial charge in [0.2, 0.25) is 18.4 Å². The summed E-state index contributed by atoms with van der Waals surface area (Å²) in [6.45, 7) is 2.57. The average Bonchev–Trinajstić information content (AvgIpc) is 2.77. The first-order chi connectivity index (χ1) is 8.19. The zero-order valence-corrected chi connectivity index (χ0v) is 9.96. The molecule has 0 bridgehead atoms. The second kappa shape index (κ2) is 4.79. The topological polar surface area (TPSA) is 53.7 Å². The summed E-state index contributed by atoms with van der Waals surface area (Å²) in [5.74, 6) is 0.392. The SMILES string of the molecule is COc1c(C(C)CCN)cc2c(c1F)OCO2. The summed E-state index contributed by atoms with van der Waals surface area (Å²) < 4.78 is 29.5. The van der Waals surface area contributed by atoms with E-state index in [2.05, 4.69) is 0 Å². The van der Waals surface area contributed by atoms with Crippen LogP contribution in [0.1, 0.15) is 24.8 Å². The fraction of sp³-hybridized carbons (Fsp3) is 0.500. The van der Waals surface area contributed by atoms with E-state index in [1.807, 2.05) is 6.92 Å². The van der Waals surface area contributed by atoms with Crippen LogP contribution in [0.5, 0.6) is 17.2 Å². The van der Waals surface area contributed by atoms with Gasteiger partial charge in [-0.15, -0.1) is 0 Å². The number of ether oxygens (including phenoxy) is 3. The minimum absolute atomic E-state index is 0.0458. The molecule has 2 rings (SSSR count). The van der Waals surface area contributed by atoms with Gasteiger partial charge in [0.25, 0.3) is 0 Å². The Bertz CT molecular complexity index is 423. The van der Waals surface area contributed by atoms with Crippen LogP contribution in [0, 0.1) is 5.82 Å². The lowest BCUT2D eigenvalue weighted by atomic mass is 9.96. The van der Waals surface area contributed by atoms with Crippen LogP contribution in [-0.2, 0) is 0 Å². The van der Waals surface area contributed by atoms with Crippen molar-refractivity contribution < 1.29 is 18.6 Å². The maximum atomic E-state index is 14.1. The molecule has 0 spiro atoms. The fourth-order valence-corrected chi connectivity index (χ4v) is 1.98. The third kappa shape index (κ3) is 2.02. The first-order valence-electron chi connectivity index (χ1n) is 5.55. The van der Waals surface area contributed by atoms with Gasteiger partial charge in [0.1, 0.15) is 0 Å². The van der Waals surface area contributed by atoms with Gasteiger partial charge in [-0.3, -0.25) is 0 Å². The Balaban J connectivity index is 2.47. The van der Waals surface area contributed by atoms with Crippen LogP contribution in [0.4, 0.5) is 4.39 Å². The summed E-state index contributed by atoms with van der Waals surface area (Å²) in [6, 6.07) is 1.77. The van der Waals surface area contributed by atoms with E-state index in [0.717, 1.165) is 12.0 Å². The highest BCUT2D eigenvalue weighted by molar-refractivity contribution is 5.54. The van der Waals surface area contributed by atoms with Crippen LogP contribution in [0.25, 0.3) is 0 Å². The Kier molecular flexibility index (Phi) is 3.38. The van der Waals surface area contributed by atoms with Crippen molar-refractivity contribution >= 4 is 0 Å². The Morgan fingerprint density at radius 3 is 2.94 bits per heavy atom. The van der Waals surface area contributed by atoms with E-state index in [-0.39, 0.29) is 24.2 Å². The van der Waals surface area contributed by atoms with Crippen LogP contribution in [-0.4, -0.2) is 20.4 Å². The number of benzene rings is 1. The Hall–Kier alpha value is -1.49. The summed E-state index contributed by atoms with van der Waals surface area (Å²) in [6.07, 6.45) is 0.759. The summed E-state index contributed by atoms with van der Waals surface area (Å²) >= 11 is 0. The van der Waals surface area contributed by atoms with Crippen molar-refractivity contribution in [3.05, 3.63) is 17.4 Å². The number of nitrogens with two attached hydrogens (primary N) is 1. The maximum Gasteiger partial charge on any atom is 0.231 e. The van der Waals surface area contributed by atoms with Gasteiger partial charge in [0.05, 0.1) is 7.11 Å². The van der Waals surface area contributed by atoms with Crippen molar-refractivity contribution in [1.82, 2.24) is 0 Å². The standard InChI is InChI=1S/C12H16FNO3/c1-7(3-4-14)8-5-9-12(17-6-16-9)10(13)11(8)15-2/h5,7H,3-4,6,14H2,1-2H3. The predicted octanol–water partition coefficient (Wildman–Crippen LogP) is 2.02. The molecule has 1 aromatic carbocycles. The van der Waals surface area contributed by atoms with E-state index < -0.39 is 5.82 Å². The maximum absolute atomic E-state index is 14.1. The zero-order chi connectivity index (χ0) is 12.4. The monoisotopic (exact) mass is 241 g/mol. The first kappa shape index (κ1) is 12.0. The Labute approximate surface area is 99.5 Å². The Morgan fingerprint density at radius 1 is 1.53 bits per heavy atom. The molecule has 0 saturated carbocycles. The molecule has 1 atom stereocenters. The number of rotatable bonds is 4. The molecule has 0 radical (unpaired) electrons. The number of fused-ring (bicyclic) bond motifs is 1. The van der Waals surface area contributed by atoms with Gasteiger partial charge >= 0.3 is 0 Å². The van der Waals surface area contributed by atoms with Crippen molar-refractivity contribution in [2.24, 2.45) is 5.73 Å². The normalized spacial score (nSPS) is 14.8. The molecule has 2 N–H and O–H groups in total.